The van der Waals surface area contributed by atoms with Gasteiger partial charge < -0.3 is 5.32 Å². The Hall–Kier alpha value is -0.0400. The van der Waals surface area contributed by atoms with E-state index in [1.807, 2.05) is 0 Å². The third-order valence-electron chi connectivity index (χ3n) is 4.53. The molecule has 102 valence electrons. The zero-order valence-corrected chi connectivity index (χ0v) is 12.2. The molecule has 1 aliphatic carbocycles. The van der Waals surface area contributed by atoms with Crippen molar-refractivity contribution in [3.63, 3.8) is 0 Å². The first kappa shape index (κ1) is 15.0. The van der Waals surface area contributed by atoms with Gasteiger partial charge in [0.15, 0.2) is 0 Å². The van der Waals surface area contributed by atoms with Crippen LogP contribution in [0.3, 0.4) is 0 Å². The van der Waals surface area contributed by atoms with Gasteiger partial charge in [0.05, 0.1) is 0 Å². The number of hydrogen-bond acceptors (Lipinski definition) is 1. The Balaban J connectivity index is 2.03. The van der Waals surface area contributed by atoms with Crippen LogP contribution < -0.4 is 5.32 Å². The van der Waals surface area contributed by atoms with Gasteiger partial charge in [0.25, 0.3) is 0 Å². The molecule has 0 aliphatic heterocycles. The average molecular weight is 239 g/mol. The van der Waals surface area contributed by atoms with Crippen LogP contribution in [0.15, 0.2) is 0 Å². The summed E-state index contributed by atoms with van der Waals surface area (Å²) in [6.07, 6.45) is 17.5. The molecule has 0 unspecified atom stereocenters. The van der Waals surface area contributed by atoms with Gasteiger partial charge in [0, 0.05) is 6.54 Å². The first-order chi connectivity index (χ1) is 8.33. The highest BCUT2D eigenvalue weighted by Gasteiger charge is 2.32. The third kappa shape index (κ3) is 5.90. The molecule has 0 heterocycles. The lowest BCUT2D eigenvalue weighted by Crippen LogP contribution is -2.29. The molecular weight excluding hydrogens is 206 g/mol. The standard InChI is InChI=1S/C16H33N/c1-3-4-5-6-7-8-9-12-16(15-17-2)13-10-11-14-16/h17H,3-15H2,1-2H3. The quantitative estimate of drug-likeness (QED) is 0.534. The monoisotopic (exact) mass is 239 g/mol. The Morgan fingerprint density at radius 3 is 2.06 bits per heavy atom. The van der Waals surface area contributed by atoms with Gasteiger partial charge in [-0.05, 0) is 31.7 Å². The lowest BCUT2D eigenvalue weighted by molar-refractivity contribution is 0.253. The highest BCUT2D eigenvalue weighted by molar-refractivity contribution is 4.86. The van der Waals surface area contributed by atoms with Crippen molar-refractivity contribution in [1.29, 1.82) is 0 Å². The number of nitrogens with one attached hydrogen (secondary N) is 1. The van der Waals surface area contributed by atoms with Gasteiger partial charge in [0.1, 0.15) is 0 Å². The molecule has 1 fully saturated rings. The van der Waals surface area contributed by atoms with E-state index in [1.54, 1.807) is 0 Å². The first-order valence-corrected chi connectivity index (χ1v) is 7.97. The maximum Gasteiger partial charge on any atom is 0.000480 e. The van der Waals surface area contributed by atoms with E-state index in [-0.39, 0.29) is 0 Å². The molecule has 1 saturated carbocycles. The van der Waals surface area contributed by atoms with Crippen molar-refractivity contribution in [1.82, 2.24) is 5.32 Å². The Morgan fingerprint density at radius 2 is 1.47 bits per heavy atom. The van der Waals surface area contributed by atoms with Gasteiger partial charge in [0.2, 0.25) is 0 Å². The van der Waals surface area contributed by atoms with E-state index in [4.69, 9.17) is 0 Å². The summed E-state index contributed by atoms with van der Waals surface area (Å²) in [5.41, 5.74) is 0.679. The highest BCUT2D eigenvalue weighted by Crippen LogP contribution is 2.41. The largest absolute Gasteiger partial charge is 0.319 e. The minimum Gasteiger partial charge on any atom is -0.319 e. The molecular formula is C16H33N. The SMILES string of the molecule is CCCCCCCCCC1(CNC)CCCC1. The van der Waals surface area contributed by atoms with Gasteiger partial charge in [-0.25, -0.2) is 0 Å². The summed E-state index contributed by atoms with van der Waals surface area (Å²) in [5.74, 6) is 0. The van der Waals surface area contributed by atoms with E-state index in [9.17, 15) is 0 Å². The fourth-order valence-electron chi connectivity index (χ4n) is 3.47. The molecule has 0 spiro atoms. The van der Waals surface area contributed by atoms with E-state index in [0.717, 1.165) is 0 Å². The molecule has 0 aromatic heterocycles. The van der Waals surface area contributed by atoms with Crippen molar-refractivity contribution in [2.75, 3.05) is 13.6 Å². The van der Waals surface area contributed by atoms with Gasteiger partial charge in [-0.1, -0.05) is 64.7 Å². The molecule has 1 aliphatic rings. The predicted octanol–water partition coefficient (Wildman–Crippen LogP) is 4.91. The first-order valence-electron chi connectivity index (χ1n) is 7.97. The predicted molar refractivity (Wildman–Crippen MR) is 77.4 cm³/mol. The summed E-state index contributed by atoms with van der Waals surface area (Å²) in [6, 6.07) is 0. The third-order valence-corrected chi connectivity index (χ3v) is 4.53. The Labute approximate surface area is 109 Å². The lowest BCUT2D eigenvalue weighted by atomic mass is 9.81. The zero-order chi connectivity index (χ0) is 12.4. The lowest BCUT2D eigenvalue weighted by Gasteiger charge is -2.28. The maximum atomic E-state index is 3.42. The molecule has 0 amide bonds. The summed E-state index contributed by atoms with van der Waals surface area (Å²) in [5, 5.41) is 3.42. The molecule has 1 N–H and O–H groups in total. The van der Waals surface area contributed by atoms with Crippen molar-refractivity contribution in [3.05, 3.63) is 0 Å². The molecule has 0 atom stereocenters. The van der Waals surface area contributed by atoms with Crippen LogP contribution in [0.5, 0.6) is 0 Å². The molecule has 1 rings (SSSR count). The van der Waals surface area contributed by atoms with Crippen LogP contribution >= 0.6 is 0 Å². The second-order valence-electron chi connectivity index (χ2n) is 6.11. The van der Waals surface area contributed by atoms with Crippen molar-refractivity contribution >= 4 is 0 Å². The van der Waals surface area contributed by atoms with Gasteiger partial charge in [-0.15, -0.1) is 0 Å². The van der Waals surface area contributed by atoms with Crippen LogP contribution in [0.1, 0.15) is 84.0 Å². The van der Waals surface area contributed by atoms with Gasteiger partial charge in [-0.3, -0.25) is 0 Å². The van der Waals surface area contributed by atoms with E-state index in [1.165, 1.54) is 83.6 Å². The van der Waals surface area contributed by atoms with Crippen LogP contribution in [0.25, 0.3) is 0 Å². The van der Waals surface area contributed by atoms with E-state index >= 15 is 0 Å². The summed E-state index contributed by atoms with van der Waals surface area (Å²) >= 11 is 0. The molecule has 1 nitrogen and oxygen atoms in total. The van der Waals surface area contributed by atoms with Crippen molar-refractivity contribution < 1.29 is 0 Å². The minimum absolute atomic E-state index is 0.679. The molecule has 0 radical (unpaired) electrons. The Bertz CT molecular complexity index is 170. The summed E-state index contributed by atoms with van der Waals surface area (Å²) in [6.45, 7) is 3.55. The highest BCUT2D eigenvalue weighted by atomic mass is 14.8. The van der Waals surface area contributed by atoms with E-state index < -0.39 is 0 Å². The normalized spacial score (nSPS) is 18.7. The molecule has 0 aromatic rings. The minimum atomic E-state index is 0.679. The Morgan fingerprint density at radius 1 is 0.882 bits per heavy atom. The van der Waals surface area contributed by atoms with E-state index in [0.29, 0.717) is 5.41 Å². The fourth-order valence-corrected chi connectivity index (χ4v) is 3.47. The number of rotatable bonds is 10. The van der Waals surface area contributed by atoms with Crippen LogP contribution in [-0.4, -0.2) is 13.6 Å². The van der Waals surface area contributed by atoms with Crippen LogP contribution in [0.2, 0.25) is 0 Å². The zero-order valence-electron chi connectivity index (χ0n) is 12.2. The summed E-state index contributed by atoms with van der Waals surface area (Å²) in [4.78, 5) is 0. The average Bonchev–Trinajstić information content (AvgIpc) is 2.77. The topological polar surface area (TPSA) is 12.0 Å². The Kier molecular flexibility index (Phi) is 7.92. The van der Waals surface area contributed by atoms with Crippen LogP contribution in [0, 0.1) is 5.41 Å². The maximum absolute atomic E-state index is 3.42. The smallest absolute Gasteiger partial charge is 0.000480 e. The molecule has 1 heteroatoms. The van der Waals surface area contributed by atoms with Crippen LogP contribution in [0.4, 0.5) is 0 Å². The van der Waals surface area contributed by atoms with Crippen molar-refractivity contribution in [3.8, 4) is 0 Å². The second kappa shape index (κ2) is 8.97. The van der Waals surface area contributed by atoms with Crippen molar-refractivity contribution in [2.45, 2.75) is 84.0 Å². The summed E-state index contributed by atoms with van der Waals surface area (Å²) in [7, 11) is 2.12. The second-order valence-corrected chi connectivity index (χ2v) is 6.11. The van der Waals surface area contributed by atoms with Gasteiger partial charge in [-0.2, -0.15) is 0 Å². The van der Waals surface area contributed by atoms with Crippen molar-refractivity contribution in [2.24, 2.45) is 5.41 Å². The van der Waals surface area contributed by atoms with Gasteiger partial charge >= 0.3 is 0 Å². The van der Waals surface area contributed by atoms with Crippen LogP contribution in [-0.2, 0) is 0 Å². The molecule has 0 aromatic carbocycles. The fraction of sp³-hybridized carbons (Fsp3) is 1.00. The summed E-state index contributed by atoms with van der Waals surface area (Å²) < 4.78 is 0. The number of unbranched alkanes of at least 4 members (excludes halogenated alkanes) is 6. The van der Waals surface area contributed by atoms with E-state index in [2.05, 4.69) is 19.3 Å². The molecule has 0 saturated heterocycles. The number of hydrogen-bond donors (Lipinski definition) is 1. The molecule has 17 heavy (non-hydrogen) atoms. The molecule has 0 bridgehead atoms.